The fourth-order valence-electron chi connectivity index (χ4n) is 2.45. The minimum absolute atomic E-state index is 0.184. The number of ether oxygens (including phenoxy) is 1. The van der Waals surface area contributed by atoms with Gasteiger partial charge in [0, 0.05) is 17.6 Å². The monoisotopic (exact) mass is 383 g/mol. The third kappa shape index (κ3) is 5.21. The molecule has 0 aliphatic carbocycles. The number of nitrogens with one attached hydrogen (secondary N) is 2. The van der Waals surface area contributed by atoms with Crippen molar-refractivity contribution < 1.29 is 13.2 Å². The van der Waals surface area contributed by atoms with Crippen LogP contribution in [-0.2, 0) is 16.6 Å². The van der Waals surface area contributed by atoms with Crippen molar-refractivity contribution in [3.63, 3.8) is 0 Å². The minimum atomic E-state index is -3.65. The highest BCUT2D eigenvalue weighted by atomic mass is 32.2. The first-order chi connectivity index (χ1) is 13.1. The molecule has 1 aromatic heterocycles. The van der Waals surface area contributed by atoms with Crippen molar-refractivity contribution in [2.75, 3.05) is 16.6 Å². The zero-order chi connectivity index (χ0) is 19.1. The van der Waals surface area contributed by atoms with Gasteiger partial charge < -0.3 is 10.1 Å². The molecule has 2 N–H and O–H groups in total. The molecule has 1 heterocycles. The lowest BCUT2D eigenvalue weighted by molar-refractivity contribution is 0.340. The van der Waals surface area contributed by atoms with Crippen LogP contribution in [0.15, 0.2) is 77.8 Å². The summed E-state index contributed by atoms with van der Waals surface area (Å²) in [5.74, 6) is 0.639. The number of aromatic nitrogens is 1. The summed E-state index contributed by atoms with van der Waals surface area (Å²) in [6.07, 6.45) is 1.75. The van der Waals surface area contributed by atoms with E-state index in [2.05, 4.69) is 15.0 Å². The summed E-state index contributed by atoms with van der Waals surface area (Å²) in [5.41, 5.74) is 2.30. The highest BCUT2D eigenvalue weighted by Gasteiger charge is 2.14. The maximum atomic E-state index is 12.5. The first-order valence-corrected chi connectivity index (χ1v) is 10.0. The third-order valence-corrected chi connectivity index (χ3v) is 5.18. The third-order valence-electron chi connectivity index (χ3n) is 3.78. The average molecular weight is 383 g/mol. The Morgan fingerprint density at radius 3 is 2.26 bits per heavy atom. The number of hydrogen-bond acceptors (Lipinski definition) is 5. The van der Waals surface area contributed by atoms with E-state index in [1.807, 2.05) is 37.3 Å². The number of nitrogens with zero attached hydrogens (tertiary/aromatic N) is 1. The summed E-state index contributed by atoms with van der Waals surface area (Å²) in [5, 5.41) is 3.25. The van der Waals surface area contributed by atoms with Crippen molar-refractivity contribution in [1.82, 2.24) is 4.98 Å². The molecule has 2 aromatic carbocycles. The fourth-order valence-corrected chi connectivity index (χ4v) is 3.51. The molecule has 0 spiro atoms. The minimum Gasteiger partial charge on any atom is -0.494 e. The van der Waals surface area contributed by atoms with Crippen molar-refractivity contribution in [3.8, 4) is 5.75 Å². The summed E-state index contributed by atoms with van der Waals surface area (Å²) in [4.78, 5) is 4.43. The fraction of sp³-hybridized carbons (Fsp3) is 0.150. The highest BCUT2D eigenvalue weighted by molar-refractivity contribution is 7.92. The summed E-state index contributed by atoms with van der Waals surface area (Å²) >= 11 is 0. The Balaban J connectivity index is 1.62. The van der Waals surface area contributed by atoms with E-state index in [9.17, 15) is 8.42 Å². The standard InChI is InChI=1S/C20H21N3O3S/c1-2-26-19-10-12-20(13-11-19)27(24,25)23-17-8-6-16(7-9-17)22-15-18-5-3-4-14-21-18/h3-14,22-23H,2,15H2,1H3. The van der Waals surface area contributed by atoms with Crippen LogP contribution >= 0.6 is 0 Å². The molecule has 27 heavy (non-hydrogen) atoms. The summed E-state index contributed by atoms with van der Waals surface area (Å²) < 4.78 is 32.9. The quantitative estimate of drug-likeness (QED) is 0.617. The molecule has 0 fully saturated rings. The largest absolute Gasteiger partial charge is 0.494 e. The molecule has 0 aliphatic heterocycles. The summed E-state index contributed by atoms with van der Waals surface area (Å²) in [7, 11) is -3.65. The Bertz CT molecular complexity index is 958. The molecule has 0 saturated carbocycles. The van der Waals surface area contributed by atoms with Crippen molar-refractivity contribution in [2.45, 2.75) is 18.4 Å². The second-order valence-electron chi connectivity index (χ2n) is 5.76. The van der Waals surface area contributed by atoms with Crippen LogP contribution in [0.3, 0.4) is 0 Å². The Kier molecular flexibility index (Phi) is 5.93. The first-order valence-electron chi connectivity index (χ1n) is 8.56. The van der Waals surface area contributed by atoms with Crippen LogP contribution in [-0.4, -0.2) is 20.0 Å². The Labute approximate surface area is 159 Å². The van der Waals surface area contributed by atoms with Gasteiger partial charge in [-0.25, -0.2) is 8.42 Å². The van der Waals surface area contributed by atoms with Crippen molar-refractivity contribution in [3.05, 3.63) is 78.6 Å². The van der Waals surface area contributed by atoms with Gasteiger partial charge in [0.25, 0.3) is 10.0 Å². The second kappa shape index (κ2) is 8.55. The van der Waals surface area contributed by atoms with Crippen LogP contribution in [0.1, 0.15) is 12.6 Å². The van der Waals surface area contributed by atoms with Gasteiger partial charge in [-0.1, -0.05) is 6.07 Å². The predicted octanol–water partition coefficient (Wildman–Crippen LogP) is 3.89. The molecule has 140 valence electrons. The van der Waals surface area contributed by atoms with E-state index >= 15 is 0 Å². The lowest BCUT2D eigenvalue weighted by Crippen LogP contribution is -2.13. The van der Waals surface area contributed by atoms with Crippen LogP contribution in [0.5, 0.6) is 5.75 Å². The molecule has 0 bridgehead atoms. The molecule has 3 aromatic rings. The smallest absolute Gasteiger partial charge is 0.261 e. The molecule has 6 nitrogen and oxygen atoms in total. The van der Waals surface area contributed by atoms with E-state index in [0.29, 0.717) is 24.6 Å². The van der Waals surface area contributed by atoms with Crippen LogP contribution in [0.25, 0.3) is 0 Å². The molecule has 0 amide bonds. The number of sulfonamides is 1. The van der Waals surface area contributed by atoms with E-state index in [1.165, 1.54) is 12.1 Å². The molecule has 0 unspecified atom stereocenters. The summed E-state index contributed by atoms with van der Waals surface area (Å²) in [6.45, 7) is 3.00. The number of hydrogen-bond donors (Lipinski definition) is 2. The van der Waals surface area contributed by atoms with Gasteiger partial charge in [0.05, 0.1) is 23.7 Å². The molecule has 0 aliphatic rings. The highest BCUT2D eigenvalue weighted by Crippen LogP contribution is 2.21. The first kappa shape index (κ1) is 18.7. The predicted molar refractivity (Wildman–Crippen MR) is 106 cm³/mol. The normalized spacial score (nSPS) is 11.0. The Hall–Kier alpha value is -3.06. The molecule has 7 heteroatoms. The molecule has 3 rings (SSSR count). The van der Waals surface area contributed by atoms with E-state index < -0.39 is 10.0 Å². The Morgan fingerprint density at radius 2 is 1.63 bits per heavy atom. The molecular formula is C20H21N3O3S. The zero-order valence-electron chi connectivity index (χ0n) is 14.9. The molecule has 0 atom stereocenters. The van der Waals surface area contributed by atoms with Crippen molar-refractivity contribution in [1.29, 1.82) is 0 Å². The SMILES string of the molecule is CCOc1ccc(S(=O)(=O)Nc2ccc(NCc3ccccn3)cc2)cc1. The van der Waals surface area contributed by atoms with Crippen molar-refractivity contribution in [2.24, 2.45) is 0 Å². The van der Waals surface area contributed by atoms with Crippen molar-refractivity contribution >= 4 is 21.4 Å². The number of benzene rings is 2. The summed E-state index contributed by atoms with van der Waals surface area (Å²) in [6, 6.07) is 19.1. The average Bonchev–Trinajstić information content (AvgIpc) is 2.69. The van der Waals surface area contributed by atoms with E-state index in [1.54, 1.807) is 30.5 Å². The Morgan fingerprint density at radius 1 is 0.926 bits per heavy atom. The van der Waals surface area contributed by atoms with E-state index in [4.69, 9.17) is 4.74 Å². The number of rotatable bonds is 8. The van der Waals surface area contributed by atoms with Gasteiger partial charge in [-0.3, -0.25) is 9.71 Å². The van der Waals surface area contributed by atoms with E-state index in [0.717, 1.165) is 11.4 Å². The maximum Gasteiger partial charge on any atom is 0.261 e. The van der Waals surface area contributed by atoms with Gasteiger partial charge in [0.2, 0.25) is 0 Å². The molecular weight excluding hydrogens is 362 g/mol. The second-order valence-corrected chi connectivity index (χ2v) is 7.44. The topological polar surface area (TPSA) is 80.3 Å². The van der Waals surface area contributed by atoms with Gasteiger partial charge in [0.1, 0.15) is 5.75 Å². The van der Waals surface area contributed by atoms with Gasteiger partial charge >= 0.3 is 0 Å². The van der Waals surface area contributed by atoms with Crippen LogP contribution in [0.4, 0.5) is 11.4 Å². The van der Waals surface area contributed by atoms with Crippen LogP contribution in [0.2, 0.25) is 0 Å². The van der Waals surface area contributed by atoms with Gasteiger partial charge in [0.15, 0.2) is 0 Å². The van der Waals surface area contributed by atoms with Crippen LogP contribution in [0, 0.1) is 0 Å². The van der Waals surface area contributed by atoms with Crippen LogP contribution < -0.4 is 14.8 Å². The number of anilines is 2. The van der Waals surface area contributed by atoms with Gasteiger partial charge in [-0.15, -0.1) is 0 Å². The molecule has 0 radical (unpaired) electrons. The number of pyridine rings is 1. The maximum absolute atomic E-state index is 12.5. The lowest BCUT2D eigenvalue weighted by Gasteiger charge is -2.10. The van der Waals surface area contributed by atoms with E-state index in [-0.39, 0.29) is 4.90 Å². The zero-order valence-corrected chi connectivity index (χ0v) is 15.7. The molecule has 0 saturated heterocycles. The van der Waals surface area contributed by atoms with Gasteiger partial charge in [-0.05, 0) is 67.6 Å². The van der Waals surface area contributed by atoms with Gasteiger partial charge in [-0.2, -0.15) is 0 Å². The lowest BCUT2D eigenvalue weighted by atomic mass is 10.3.